The molecule has 0 aliphatic heterocycles. The van der Waals surface area contributed by atoms with Gasteiger partial charge in [-0.15, -0.1) is 0 Å². The van der Waals surface area contributed by atoms with Crippen LogP contribution in [-0.2, 0) is 26.4 Å². The molecule has 4 aromatic rings. The summed E-state index contributed by atoms with van der Waals surface area (Å²) in [6.07, 6.45) is 1.63. The van der Waals surface area contributed by atoms with Gasteiger partial charge in [-0.25, -0.2) is 0 Å². The van der Waals surface area contributed by atoms with Gasteiger partial charge in [0, 0.05) is 0 Å². The van der Waals surface area contributed by atoms with Crippen molar-refractivity contribution in [2.75, 3.05) is 6.61 Å². The van der Waals surface area contributed by atoms with E-state index in [4.69, 9.17) is 14.2 Å². The molecule has 0 unspecified atom stereocenters. The van der Waals surface area contributed by atoms with Crippen molar-refractivity contribution >= 4 is 0 Å². The first-order valence-corrected chi connectivity index (χ1v) is 13.7. The fourth-order valence-electron chi connectivity index (χ4n) is 4.81. The number of benzene rings is 4. The summed E-state index contributed by atoms with van der Waals surface area (Å²) in [6, 6.07) is 40.8. The summed E-state index contributed by atoms with van der Waals surface area (Å²) in [5.41, 5.74) is 5.42. The third-order valence-corrected chi connectivity index (χ3v) is 7.11. The molecule has 0 spiro atoms. The first-order chi connectivity index (χ1) is 19.5. The lowest BCUT2D eigenvalue weighted by atomic mass is 9.80. The minimum absolute atomic E-state index is 0.247. The van der Waals surface area contributed by atoms with Crippen LogP contribution in [0.25, 0.3) is 0 Å². The average molecular weight is 535 g/mol. The molecule has 0 saturated heterocycles. The Kier molecular flexibility index (Phi) is 10.2. The van der Waals surface area contributed by atoms with Crippen LogP contribution >= 0.6 is 0 Å². The molecule has 4 nitrogen and oxygen atoms in total. The summed E-state index contributed by atoms with van der Waals surface area (Å²) in [5.74, 6) is -0.247. The van der Waals surface area contributed by atoms with E-state index in [1.54, 1.807) is 0 Å². The highest BCUT2D eigenvalue weighted by molar-refractivity contribution is 5.47. The van der Waals surface area contributed by atoms with Crippen LogP contribution in [0.4, 0.5) is 0 Å². The van der Waals surface area contributed by atoms with Gasteiger partial charge in [-0.2, -0.15) is 0 Å². The molecule has 0 aliphatic carbocycles. The average Bonchev–Trinajstić information content (AvgIpc) is 3.02. The van der Waals surface area contributed by atoms with Gasteiger partial charge in [0.05, 0.1) is 6.61 Å². The van der Waals surface area contributed by atoms with E-state index >= 15 is 0 Å². The van der Waals surface area contributed by atoms with Crippen molar-refractivity contribution in [2.45, 2.75) is 45.5 Å². The molecule has 0 saturated carbocycles. The smallest absolute Gasteiger partial charge is 0.313 e. The van der Waals surface area contributed by atoms with Gasteiger partial charge in [0.1, 0.15) is 18.3 Å². The van der Waals surface area contributed by atoms with Gasteiger partial charge in [-0.1, -0.05) is 128 Å². The van der Waals surface area contributed by atoms with Crippen LogP contribution in [0.5, 0.6) is 0 Å². The van der Waals surface area contributed by atoms with Crippen molar-refractivity contribution in [3.8, 4) is 0 Å². The maximum Gasteiger partial charge on any atom is 0.313 e. The van der Waals surface area contributed by atoms with Crippen LogP contribution in [-0.4, -0.2) is 17.8 Å². The maximum absolute atomic E-state index is 10.4. The highest BCUT2D eigenvalue weighted by atomic mass is 16.6. The molecule has 4 rings (SSSR count). The molecular weight excluding hydrogens is 496 g/mol. The van der Waals surface area contributed by atoms with Gasteiger partial charge in [0.25, 0.3) is 0 Å². The van der Waals surface area contributed by atoms with E-state index in [1.165, 1.54) is 6.26 Å². The van der Waals surface area contributed by atoms with Crippen molar-refractivity contribution in [1.29, 1.82) is 0 Å². The minimum Gasteiger partial charge on any atom is -0.489 e. The molecule has 0 radical (unpaired) electrons. The Morgan fingerprint density at radius 3 is 1.62 bits per heavy atom. The molecule has 40 heavy (non-hydrogen) atoms. The second-order valence-electron chi connectivity index (χ2n) is 9.80. The Morgan fingerprint density at radius 2 is 1.18 bits per heavy atom. The normalized spacial score (nSPS) is 13.3. The Bertz CT molecular complexity index is 1270. The maximum atomic E-state index is 10.4. The van der Waals surface area contributed by atoms with Gasteiger partial charge < -0.3 is 19.3 Å². The monoisotopic (exact) mass is 534 g/mol. The van der Waals surface area contributed by atoms with Crippen molar-refractivity contribution in [3.63, 3.8) is 0 Å². The number of aliphatic hydroxyl groups is 1. The first-order valence-electron chi connectivity index (χ1n) is 13.7. The lowest BCUT2D eigenvalue weighted by Gasteiger charge is -2.36. The summed E-state index contributed by atoms with van der Waals surface area (Å²) in [6.45, 7) is 6.84. The van der Waals surface area contributed by atoms with Crippen LogP contribution < -0.4 is 0 Å². The molecular formula is C36H38O4. The zero-order valence-corrected chi connectivity index (χ0v) is 23.5. The Morgan fingerprint density at radius 1 is 0.725 bits per heavy atom. The minimum atomic E-state index is -0.804. The number of hydrogen-bond donors (Lipinski definition) is 1. The van der Waals surface area contributed by atoms with Gasteiger partial charge in [0.15, 0.2) is 6.26 Å². The fourth-order valence-corrected chi connectivity index (χ4v) is 4.81. The van der Waals surface area contributed by atoms with E-state index in [0.717, 1.165) is 33.4 Å². The standard InChI is InChI=1S/C36H38O4/c1-4-34(40-35(37)27-38-26-30-17-9-5-10-18-30)29(3)28(2)25-39-36(31-19-11-6-12-20-31,32-21-13-7-14-22-32)33-23-15-8-16-24-33/h5-24,27,34,37H,4,25-26H2,1-3H3/b29-28+,35-27+/t34-/m1/s1. The van der Waals surface area contributed by atoms with Gasteiger partial charge >= 0.3 is 5.95 Å². The van der Waals surface area contributed by atoms with Crippen LogP contribution in [0.1, 0.15) is 49.4 Å². The van der Waals surface area contributed by atoms with Gasteiger partial charge in [0.2, 0.25) is 0 Å². The van der Waals surface area contributed by atoms with Crippen molar-refractivity contribution in [1.82, 2.24) is 0 Å². The van der Waals surface area contributed by atoms with Crippen LogP contribution in [0.3, 0.4) is 0 Å². The second-order valence-corrected chi connectivity index (χ2v) is 9.80. The molecule has 4 aromatic carbocycles. The predicted molar refractivity (Wildman–Crippen MR) is 161 cm³/mol. The Hall–Kier alpha value is -4.28. The summed E-state index contributed by atoms with van der Waals surface area (Å²) in [5, 5.41) is 10.4. The third kappa shape index (κ3) is 7.02. The van der Waals surface area contributed by atoms with E-state index in [2.05, 4.69) is 43.3 Å². The molecule has 4 heteroatoms. The molecule has 0 fully saturated rings. The predicted octanol–water partition coefficient (Wildman–Crippen LogP) is 8.70. The first kappa shape index (κ1) is 28.7. The molecule has 1 atom stereocenters. The highest BCUT2D eigenvalue weighted by Gasteiger charge is 2.37. The Balaban J connectivity index is 1.57. The summed E-state index contributed by atoms with van der Waals surface area (Å²) >= 11 is 0. The molecule has 1 N–H and O–H groups in total. The van der Waals surface area contributed by atoms with Crippen molar-refractivity contribution in [2.24, 2.45) is 0 Å². The molecule has 206 valence electrons. The van der Waals surface area contributed by atoms with Crippen molar-refractivity contribution < 1.29 is 19.3 Å². The van der Waals surface area contributed by atoms with Crippen LogP contribution in [0.15, 0.2) is 145 Å². The van der Waals surface area contributed by atoms with Crippen molar-refractivity contribution in [3.05, 3.63) is 167 Å². The number of rotatable bonds is 13. The van der Waals surface area contributed by atoms with Gasteiger partial charge in [-0.05, 0) is 53.7 Å². The molecule has 0 bridgehead atoms. The summed E-state index contributed by atoms with van der Waals surface area (Å²) < 4.78 is 18.4. The van der Waals surface area contributed by atoms with E-state index < -0.39 is 5.60 Å². The lowest BCUT2D eigenvalue weighted by molar-refractivity contribution is 0.0212. The second kappa shape index (κ2) is 14.2. The van der Waals surface area contributed by atoms with Gasteiger partial charge in [-0.3, -0.25) is 0 Å². The van der Waals surface area contributed by atoms with Crippen LogP contribution in [0.2, 0.25) is 0 Å². The quantitative estimate of drug-likeness (QED) is 0.106. The van der Waals surface area contributed by atoms with E-state index in [9.17, 15) is 5.11 Å². The SMILES string of the molecule is CC[C@@H](O/C(O)=C/OCc1ccccc1)/C(C)=C(\C)COC(c1ccccc1)(c1ccccc1)c1ccccc1. The topological polar surface area (TPSA) is 47.9 Å². The molecule has 0 amide bonds. The van der Waals surface area contributed by atoms with E-state index in [0.29, 0.717) is 19.6 Å². The number of ether oxygens (including phenoxy) is 3. The number of aliphatic hydroxyl groups excluding tert-OH is 1. The number of hydrogen-bond acceptors (Lipinski definition) is 4. The lowest BCUT2D eigenvalue weighted by Crippen LogP contribution is -2.33. The highest BCUT2D eigenvalue weighted by Crippen LogP contribution is 2.41. The molecule has 0 heterocycles. The largest absolute Gasteiger partial charge is 0.489 e. The zero-order valence-electron chi connectivity index (χ0n) is 23.5. The third-order valence-electron chi connectivity index (χ3n) is 7.11. The van der Waals surface area contributed by atoms with E-state index in [-0.39, 0.29) is 12.0 Å². The Labute approximate surface area is 238 Å². The summed E-state index contributed by atoms with van der Waals surface area (Å²) in [4.78, 5) is 0. The molecule has 0 aromatic heterocycles. The molecule has 0 aliphatic rings. The zero-order chi connectivity index (χ0) is 28.2. The summed E-state index contributed by atoms with van der Waals surface area (Å²) in [7, 11) is 0. The van der Waals surface area contributed by atoms with E-state index in [1.807, 2.05) is 98.8 Å². The van der Waals surface area contributed by atoms with Crippen LogP contribution in [0, 0.1) is 0 Å². The fraction of sp³-hybridized carbons (Fsp3) is 0.222.